The molecule has 4 rings (SSSR count). The number of benzene rings is 1. The molecule has 1 aromatic heterocycles. The third-order valence-electron chi connectivity index (χ3n) is 5.26. The Hall–Kier alpha value is -3.09. The Kier molecular flexibility index (Phi) is 4.90. The molecule has 0 saturated carbocycles. The van der Waals surface area contributed by atoms with Crippen LogP contribution in [0.3, 0.4) is 0 Å². The number of pyridine rings is 1. The Morgan fingerprint density at radius 3 is 2.68 bits per heavy atom. The van der Waals surface area contributed by atoms with Crippen molar-refractivity contribution in [2.45, 2.75) is 13.8 Å². The van der Waals surface area contributed by atoms with Crippen LogP contribution in [0.2, 0.25) is 0 Å². The molecule has 2 aromatic rings. The summed E-state index contributed by atoms with van der Waals surface area (Å²) in [4.78, 5) is 35.3. The molecule has 2 aliphatic heterocycles. The maximum absolute atomic E-state index is 12.9. The Balaban J connectivity index is 1.42. The minimum Gasteiger partial charge on any atom is -0.482 e. The summed E-state index contributed by atoms with van der Waals surface area (Å²) >= 11 is 0. The summed E-state index contributed by atoms with van der Waals surface area (Å²) in [5.74, 6) is 1.39. The number of nitrogens with zero attached hydrogens (tertiary/aromatic N) is 4. The molecule has 1 aromatic carbocycles. The van der Waals surface area contributed by atoms with Gasteiger partial charge in [0, 0.05) is 32.4 Å². The predicted octanol–water partition coefficient (Wildman–Crippen LogP) is 1.77. The molecule has 0 spiro atoms. The van der Waals surface area contributed by atoms with E-state index in [2.05, 4.69) is 9.88 Å². The molecule has 28 heavy (non-hydrogen) atoms. The van der Waals surface area contributed by atoms with Crippen molar-refractivity contribution < 1.29 is 14.3 Å². The minimum atomic E-state index is -0.186. The zero-order valence-electron chi connectivity index (χ0n) is 16.2. The second-order valence-corrected chi connectivity index (χ2v) is 7.25. The molecular formula is C21H24N4O3. The largest absolute Gasteiger partial charge is 0.482 e. The Labute approximate surface area is 164 Å². The molecule has 0 atom stereocenters. The number of rotatable bonds is 3. The van der Waals surface area contributed by atoms with Gasteiger partial charge in [0.1, 0.15) is 18.1 Å². The number of amides is 2. The van der Waals surface area contributed by atoms with E-state index in [1.807, 2.05) is 49.1 Å². The minimum absolute atomic E-state index is 0.0317. The van der Waals surface area contributed by atoms with Gasteiger partial charge in [0.2, 0.25) is 5.91 Å². The van der Waals surface area contributed by atoms with Crippen molar-refractivity contribution in [2.24, 2.45) is 0 Å². The van der Waals surface area contributed by atoms with E-state index in [1.54, 1.807) is 11.1 Å². The van der Waals surface area contributed by atoms with Crippen LogP contribution in [0.15, 0.2) is 36.5 Å². The van der Waals surface area contributed by atoms with Gasteiger partial charge < -0.3 is 14.5 Å². The molecule has 7 nitrogen and oxygen atoms in total. The Morgan fingerprint density at radius 1 is 1.14 bits per heavy atom. The summed E-state index contributed by atoms with van der Waals surface area (Å²) in [7, 11) is 0. The zero-order valence-corrected chi connectivity index (χ0v) is 16.2. The number of carbonyl (C=O) groups is 2. The summed E-state index contributed by atoms with van der Waals surface area (Å²) in [6.07, 6.45) is 1.79. The first kappa shape index (κ1) is 18.3. The lowest BCUT2D eigenvalue weighted by atomic mass is 10.1. The number of fused-ring (bicyclic) bond motifs is 1. The standard InChI is InChI=1S/C21H24N4O3/c1-15-5-6-18-17(12-15)25(20(27)14-28-18)13-19(26)23-8-10-24(11-9-23)21-16(2)4-3-7-22-21/h3-7,12H,8-11,13-14H2,1-2H3. The van der Waals surface area contributed by atoms with E-state index < -0.39 is 0 Å². The quantitative estimate of drug-likeness (QED) is 0.812. The number of piperazine rings is 1. The van der Waals surface area contributed by atoms with Crippen LogP contribution in [-0.4, -0.2) is 61.0 Å². The molecule has 146 valence electrons. The number of hydrogen-bond acceptors (Lipinski definition) is 5. The van der Waals surface area contributed by atoms with E-state index in [0.29, 0.717) is 24.5 Å². The third kappa shape index (κ3) is 3.52. The van der Waals surface area contributed by atoms with Crippen molar-refractivity contribution in [3.8, 4) is 5.75 Å². The van der Waals surface area contributed by atoms with E-state index >= 15 is 0 Å². The lowest BCUT2D eigenvalue weighted by molar-refractivity contribution is -0.132. The number of carbonyl (C=O) groups excluding carboxylic acids is 2. The van der Waals surface area contributed by atoms with Crippen LogP contribution >= 0.6 is 0 Å². The van der Waals surface area contributed by atoms with E-state index in [1.165, 1.54) is 0 Å². The van der Waals surface area contributed by atoms with Crippen molar-refractivity contribution in [1.82, 2.24) is 9.88 Å². The van der Waals surface area contributed by atoms with Gasteiger partial charge in [-0.2, -0.15) is 0 Å². The van der Waals surface area contributed by atoms with Crippen LogP contribution in [0.4, 0.5) is 11.5 Å². The van der Waals surface area contributed by atoms with Gasteiger partial charge in [-0.1, -0.05) is 12.1 Å². The van der Waals surface area contributed by atoms with Crippen molar-refractivity contribution in [3.05, 3.63) is 47.7 Å². The summed E-state index contributed by atoms with van der Waals surface area (Å²) in [6.45, 7) is 6.72. The maximum atomic E-state index is 12.9. The topological polar surface area (TPSA) is 66.0 Å². The smallest absolute Gasteiger partial charge is 0.265 e. The molecule has 0 radical (unpaired) electrons. The summed E-state index contributed by atoms with van der Waals surface area (Å²) in [5, 5.41) is 0. The average molecular weight is 380 g/mol. The third-order valence-corrected chi connectivity index (χ3v) is 5.26. The highest BCUT2D eigenvalue weighted by Crippen LogP contribution is 2.32. The van der Waals surface area contributed by atoms with Crippen LogP contribution in [0.5, 0.6) is 5.75 Å². The predicted molar refractivity (Wildman–Crippen MR) is 107 cm³/mol. The van der Waals surface area contributed by atoms with Crippen LogP contribution < -0.4 is 14.5 Å². The lowest BCUT2D eigenvalue weighted by Crippen LogP contribution is -2.53. The highest BCUT2D eigenvalue weighted by Gasteiger charge is 2.30. The molecule has 3 heterocycles. The van der Waals surface area contributed by atoms with E-state index in [-0.39, 0.29) is 25.0 Å². The fraction of sp³-hybridized carbons (Fsp3) is 0.381. The van der Waals surface area contributed by atoms with Crippen molar-refractivity contribution >= 4 is 23.3 Å². The van der Waals surface area contributed by atoms with Gasteiger partial charge in [-0.3, -0.25) is 14.5 Å². The highest BCUT2D eigenvalue weighted by molar-refractivity contribution is 6.02. The fourth-order valence-electron chi connectivity index (χ4n) is 3.70. The first-order chi connectivity index (χ1) is 13.5. The summed E-state index contributed by atoms with van der Waals surface area (Å²) in [6, 6.07) is 9.65. The average Bonchev–Trinajstić information content (AvgIpc) is 2.71. The van der Waals surface area contributed by atoms with Crippen LogP contribution in [0.25, 0.3) is 0 Å². The van der Waals surface area contributed by atoms with Gasteiger partial charge in [0.05, 0.1) is 5.69 Å². The molecule has 1 fully saturated rings. The lowest BCUT2D eigenvalue weighted by Gasteiger charge is -2.37. The molecule has 0 unspecified atom stereocenters. The first-order valence-corrected chi connectivity index (χ1v) is 9.51. The van der Waals surface area contributed by atoms with Gasteiger partial charge in [-0.05, 0) is 43.2 Å². The number of aryl methyl sites for hydroxylation is 2. The van der Waals surface area contributed by atoms with Gasteiger partial charge >= 0.3 is 0 Å². The van der Waals surface area contributed by atoms with E-state index in [4.69, 9.17) is 4.74 Å². The number of hydrogen-bond donors (Lipinski definition) is 0. The van der Waals surface area contributed by atoms with Crippen LogP contribution in [0, 0.1) is 13.8 Å². The fourth-order valence-corrected chi connectivity index (χ4v) is 3.70. The van der Waals surface area contributed by atoms with E-state index in [9.17, 15) is 9.59 Å². The number of anilines is 2. The van der Waals surface area contributed by atoms with Crippen LogP contribution in [-0.2, 0) is 9.59 Å². The van der Waals surface area contributed by atoms with Crippen molar-refractivity contribution in [3.63, 3.8) is 0 Å². The molecule has 0 aliphatic carbocycles. The van der Waals surface area contributed by atoms with Gasteiger partial charge in [0.25, 0.3) is 5.91 Å². The van der Waals surface area contributed by atoms with Crippen molar-refractivity contribution in [1.29, 1.82) is 0 Å². The summed E-state index contributed by atoms with van der Waals surface area (Å²) < 4.78 is 5.49. The molecule has 2 amide bonds. The maximum Gasteiger partial charge on any atom is 0.265 e. The van der Waals surface area contributed by atoms with Gasteiger partial charge in [-0.25, -0.2) is 4.98 Å². The van der Waals surface area contributed by atoms with E-state index in [0.717, 1.165) is 30.0 Å². The molecule has 2 aliphatic rings. The second kappa shape index (κ2) is 7.50. The molecular weight excluding hydrogens is 356 g/mol. The number of ether oxygens (including phenoxy) is 1. The van der Waals surface area contributed by atoms with Gasteiger partial charge in [0.15, 0.2) is 6.61 Å². The SMILES string of the molecule is Cc1ccc2c(c1)N(CC(=O)N1CCN(c3ncccc3C)CC1)C(=O)CO2. The normalized spacial score (nSPS) is 16.6. The highest BCUT2D eigenvalue weighted by atomic mass is 16.5. The Bertz CT molecular complexity index is 906. The zero-order chi connectivity index (χ0) is 19.7. The molecule has 1 saturated heterocycles. The number of aromatic nitrogens is 1. The molecule has 7 heteroatoms. The second-order valence-electron chi connectivity index (χ2n) is 7.25. The summed E-state index contributed by atoms with van der Waals surface area (Å²) in [5.41, 5.74) is 2.83. The van der Waals surface area contributed by atoms with Crippen LogP contribution in [0.1, 0.15) is 11.1 Å². The molecule has 0 N–H and O–H groups in total. The molecule has 0 bridgehead atoms. The van der Waals surface area contributed by atoms with Gasteiger partial charge in [-0.15, -0.1) is 0 Å². The van der Waals surface area contributed by atoms with Crippen molar-refractivity contribution in [2.75, 3.05) is 49.1 Å². The monoisotopic (exact) mass is 380 g/mol. The first-order valence-electron chi connectivity index (χ1n) is 9.51. The Morgan fingerprint density at radius 2 is 1.93 bits per heavy atom.